The quantitative estimate of drug-likeness (QED) is 0.613. The Kier molecular flexibility index (Phi) is 5.65. The Morgan fingerprint density at radius 3 is 2.61 bits per heavy atom. The number of halogens is 3. The highest BCUT2D eigenvalue weighted by Gasteiger charge is 2.38. The standard InChI is InChI=1S/C21H20F3N5OS/c1-3-16-26-27-20-29(16)28-17(13-9-7-12(2)8-10-13)18(31-20)19(30)25-15-6-4-5-14(11-15)21(22,23)24/h4-11,17-18,28H,3H2,1-2H3,(H,25,30)/t17-,18+/m1/s1. The molecule has 0 bridgehead atoms. The maximum Gasteiger partial charge on any atom is 0.416 e. The minimum Gasteiger partial charge on any atom is -0.325 e. The molecule has 2 N–H and O–H groups in total. The van der Waals surface area contributed by atoms with E-state index in [9.17, 15) is 18.0 Å². The van der Waals surface area contributed by atoms with Crippen LogP contribution in [0.3, 0.4) is 0 Å². The number of nitrogens with zero attached hydrogens (tertiary/aromatic N) is 3. The van der Waals surface area contributed by atoms with Gasteiger partial charge in [-0.1, -0.05) is 54.6 Å². The van der Waals surface area contributed by atoms with Crippen molar-refractivity contribution in [3.05, 3.63) is 71.0 Å². The van der Waals surface area contributed by atoms with Crippen LogP contribution < -0.4 is 10.7 Å². The Balaban J connectivity index is 1.65. The average Bonchev–Trinajstić information content (AvgIpc) is 3.15. The highest BCUT2D eigenvalue weighted by atomic mass is 32.2. The van der Waals surface area contributed by atoms with E-state index in [-0.39, 0.29) is 5.69 Å². The number of alkyl halides is 3. The summed E-state index contributed by atoms with van der Waals surface area (Å²) in [6.45, 7) is 3.93. The number of hydrogen-bond donors (Lipinski definition) is 2. The molecular weight excluding hydrogens is 427 g/mol. The van der Waals surface area contributed by atoms with Gasteiger partial charge < -0.3 is 10.7 Å². The summed E-state index contributed by atoms with van der Waals surface area (Å²) in [4.78, 5) is 13.2. The molecule has 0 radical (unpaired) electrons. The van der Waals surface area contributed by atoms with Gasteiger partial charge in [-0.3, -0.25) is 4.79 Å². The molecule has 162 valence electrons. The van der Waals surface area contributed by atoms with E-state index in [1.54, 1.807) is 4.68 Å². The first-order chi connectivity index (χ1) is 14.8. The van der Waals surface area contributed by atoms with E-state index in [4.69, 9.17) is 0 Å². The molecule has 0 fully saturated rings. The average molecular weight is 447 g/mol. The SMILES string of the molecule is CCc1nnc2n1N[C@H](c1ccc(C)cc1)[C@@H](C(=O)Nc1cccc(C(F)(F)F)c1)S2. The molecule has 31 heavy (non-hydrogen) atoms. The molecule has 3 aromatic rings. The number of carbonyl (C=O) groups is 1. The Bertz CT molecular complexity index is 1100. The van der Waals surface area contributed by atoms with Gasteiger partial charge in [0.1, 0.15) is 5.25 Å². The third kappa shape index (κ3) is 4.39. The lowest BCUT2D eigenvalue weighted by Crippen LogP contribution is -2.41. The second-order valence-electron chi connectivity index (χ2n) is 7.21. The molecule has 1 aliphatic heterocycles. The number of aryl methyl sites for hydroxylation is 2. The zero-order valence-electron chi connectivity index (χ0n) is 16.8. The molecule has 0 spiro atoms. The van der Waals surface area contributed by atoms with E-state index in [1.807, 2.05) is 38.1 Å². The lowest BCUT2D eigenvalue weighted by atomic mass is 10.0. The Morgan fingerprint density at radius 1 is 1.19 bits per heavy atom. The summed E-state index contributed by atoms with van der Waals surface area (Å²) in [5.74, 6) is 0.311. The number of nitrogens with one attached hydrogen (secondary N) is 2. The van der Waals surface area contributed by atoms with Gasteiger partial charge in [-0.2, -0.15) is 13.2 Å². The topological polar surface area (TPSA) is 71.8 Å². The molecule has 0 saturated carbocycles. The van der Waals surface area contributed by atoms with E-state index in [0.29, 0.717) is 11.6 Å². The van der Waals surface area contributed by atoms with E-state index in [1.165, 1.54) is 23.9 Å². The van der Waals surface area contributed by atoms with Crippen LogP contribution >= 0.6 is 11.8 Å². The molecule has 2 aromatic carbocycles. The van der Waals surface area contributed by atoms with Gasteiger partial charge in [-0.25, -0.2) is 4.68 Å². The van der Waals surface area contributed by atoms with Crippen LogP contribution in [0, 0.1) is 6.92 Å². The van der Waals surface area contributed by atoms with Crippen LogP contribution in [0.2, 0.25) is 0 Å². The fourth-order valence-electron chi connectivity index (χ4n) is 3.34. The summed E-state index contributed by atoms with van der Waals surface area (Å²) in [6.07, 6.45) is -3.83. The second kappa shape index (κ2) is 8.26. The molecule has 2 heterocycles. The van der Waals surface area contributed by atoms with E-state index in [2.05, 4.69) is 20.9 Å². The Morgan fingerprint density at radius 2 is 1.94 bits per heavy atom. The maximum absolute atomic E-state index is 13.2. The molecule has 1 aliphatic rings. The monoisotopic (exact) mass is 447 g/mol. The van der Waals surface area contributed by atoms with Crippen LogP contribution in [0.15, 0.2) is 53.7 Å². The predicted octanol–water partition coefficient (Wildman–Crippen LogP) is 4.57. The van der Waals surface area contributed by atoms with E-state index in [0.717, 1.165) is 29.1 Å². The molecule has 4 rings (SSSR count). The summed E-state index contributed by atoms with van der Waals surface area (Å²) in [5.41, 5.74) is 4.54. The summed E-state index contributed by atoms with van der Waals surface area (Å²) >= 11 is 1.23. The van der Waals surface area contributed by atoms with Gasteiger partial charge >= 0.3 is 6.18 Å². The van der Waals surface area contributed by atoms with Gasteiger partial charge in [0.05, 0.1) is 11.6 Å². The number of hydrogen-bond acceptors (Lipinski definition) is 5. The van der Waals surface area contributed by atoms with Gasteiger partial charge in [-0.05, 0) is 30.7 Å². The number of fused-ring (bicyclic) bond motifs is 1. The van der Waals surface area contributed by atoms with Crippen molar-refractivity contribution in [3.63, 3.8) is 0 Å². The lowest BCUT2D eigenvalue weighted by molar-refractivity contribution is -0.137. The molecule has 2 atom stereocenters. The van der Waals surface area contributed by atoms with Crippen molar-refractivity contribution in [2.75, 3.05) is 10.7 Å². The molecule has 0 unspecified atom stereocenters. The number of carbonyl (C=O) groups excluding carboxylic acids is 1. The first kappa shape index (κ1) is 21.2. The van der Waals surface area contributed by atoms with Gasteiger partial charge in [-0.15, -0.1) is 10.2 Å². The first-order valence-corrected chi connectivity index (χ1v) is 10.6. The van der Waals surface area contributed by atoms with Crippen molar-refractivity contribution in [1.82, 2.24) is 14.9 Å². The molecule has 0 saturated heterocycles. The molecular formula is C21H20F3N5OS. The van der Waals surface area contributed by atoms with E-state index < -0.39 is 28.9 Å². The number of benzene rings is 2. The number of thioether (sulfide) groups is 1. The van der Waals surface area contributed by atoms with Gasteiger partial charge in [0.15, 0.2) is 5.82 Å². The second-order valence-corrected chi connectivity index (χ2v) is 8.32. The number of anilines is 1. The number of rotatable bonds is 4. The smallest absolute Gasteiger partial charge is 0.325 e. The van der Waals surface area contributed by atoms with Crippen LogP contribution in [0.5, 0.6) is 0 Å². The summed E-state index contributed by atoms with van der Waals surface area (Å²) in [5, 5.41) is 10.8. The summed E-state index contributed by atoms with van der Waals surface area (Å²) < 4.78 is 40.9. The first-order valence-electron chi connectivity index (χ1n) is 9.68. The fraction of sp³-hybridized carbons (Fsp3) is 0.286. The van der Waals surface area contributed by atoms with Crippen molar-refractivity contribution in [1.29, 1.82) is 0 Å². The van der Waals surface area contributed by atoms with Crippen molar-refractivity contribution in [2.45, 2.75) is 42.9 Å². The highest BCUT2D eigenvalue weighted by molar-refractivity contribution is 8.00. The van der Waals surface area contributed by atoms with Gasteiger partial charge in [0.2, 0.25) is 11.1 Å². The Labute approximate surface area is 181 Å². The zero-order valence-corrected chi connectivity index (χ0v) is 17.6. The van der Waals surface area contributed by atoms with Crippen molar-refractivity contribution < 1.29 is 18.0 Å². The van der Waals surface area contributed by atoms with Crippen LogP contribution in [-0.4, -0.2) is 26.0 Å². The van der Waals surface area contributed by atoms with Crippen LogP contribution in [0.1, 0.15) is 35.5 Å². The van der Waals surface area contributed by atoms with Gasteiger partial charge in [0.25, 0.3) is 0 Å². The fourth-order valence-corrected chi connectivity index (χ4v) is 4.44. The van der Waals surface area contributed by atoms with Crippen molar-refractivity contribution in [3.8, 4) is 0 Å². The van der Waals surface area contributed by atoms with Crippen molar-refractivity contribution >= 4 is 23.4 Å². The summed E-state index contributed by atoms with van der Waals surface area (Å²) in [6, 6.07) is 11.9. The minimum atomic E-state index is -4.49. The minimum absolute atomic E-state index is 0.0874. The van der Waals surface area contributed by atoms with Gasteiger partial charge in [0, 0.05) is 12.1 Å². The van der Waals surface area contributed by atoms with Crippen LogP contribution in [0.4, 0.5) is 18.9 Å². The third-order valence-electron chi connectivity index (χ3n) is 4.97. The predicted molar refractivity (Wildman–Crippen MR) is 112 cm³/mol. The van der Waals surface area contributed by atoms with E-state index >= 15 is 0 Å². The summed E-state index contributed by atoms with van der Waals surface area (Å²) in [7, 11) is 0. The lowest BCUT2D eigenvalue weighted by Gasteiger charge is -2.33. The highest BCUT2D eigenvalue weighted by Crippen LogP contribution is 2.38. The molecule has 1 amide bonds. The number of amides is 1. The van der Waals surface area contributed by atoms with Crippen molar-refractivity contribution in [2.24, 2.45) is 0 Å². The molecule has 1 aromatic heterocycles. The molecule has 0 aliphatic carbocycles. The molecule has 6 nitrogen and oxygen atoms in total. The van der Waals surface area contributed by atoms with Crippen LogP contribution in [0.25, 0.3) is 0 Å². The molecule has 10 heteroatoms. The normalized spacial score (nSPS) is 18.2. The maximum atomic E-state index is 13.2. The largest absolute Gasteiger partial charge is 0.416 e. The zero-order chi connectivity index (χ0) is 22.2. The number of aromatic nitrogens is 3. The van der Waals surface area contributed by atoms with Crippen LogP contribution in [-0.2, 0) is 17.4 Å². The third-order valence-corrected chi connectivity index (χ3v) is 6.19. The Hall–Kier alpha value is -3.01.